The standard InChI is InChI=1S/C18H33ClO2/c19-17-15-13-11-9-7-5-3-1-2-4-6-8-10-12-14-16-18(20)21/h1-2H,3-17H2,(H,20,21)/b2-1-. The summed E-state index contributed by atoms with van der Waals surface area (Å²) >= 11 is 5.64. The molecule has 0 heterocycles. The highest BCUT2D eigenvalue weighted by Gasteiger charge is 1.95. The molecule has 0 aromatic carbocycles. The lowest BCUT2D eigenvalue weighted by molar-refractivity contribution is -0.137. The zero-order valence-electron chi connectivity index (χ0n) is 13.5. The highest BCUT2D eigenvalue weighted by molar-refractivity contribution is 6.17. The number of rotatable bonds is 16. The van der Waals surface area contributed by atoms with E-state index < -0.39 is 5.97 Å². The van der Waals surface area contributed by atoms with Crippen molar-refractivity contribution in [3.63, 3.8) is 0 Å². The second kappa shape index (κ2) is 17.6. The number of carbonyl (C=O) groups is 1. The highest BCUT2D eigenvalue weighted by Crippen LogP contribution is 2.10. The first kappa shape index (κ1) is 20.5. The van der Waals surface area contributed by atoms with E-state index >= 15 is 0 Å². The van der Waals surface area contributed by atoms with Crippen LogP contribution in [0.3, 0.4) is 0 Å². The Hall–Kier alpha value is -0.500. The second-order valence-electron chi connectivity index (χ2n) is 5.77. The van der Waals surface area contributed by atoms with Crippen molar-refractivity contribution >= 4 is 17.6 Å². The third-order valence-electron chi connectivity index (χ3n) is 3.68. The quantitative estimate of drug-likeness (QED) is 0.205. The topological polar surface area (TPSA) is 37.3 Å². The average Bonchev–Trinajstić information content (AvgIpc) is 2.46. The molecule has 0 aliphatic rings. The van der Waals surface area contributed by atoms with Crippen molar-refractivity contribution in [2.24, 2.45) is 0 Å². The molecule has 0 bridgehead atoms. The van der Waals surface area contributed by atoms with Gasteiger partial charge >= 0.3 is 5.97 Å². The monoisotopic (exact) mass is 316 g/mol. The molecule has 124 valence electrons. The van der Waals surface area contributed by atoms with Crippen molar-refractivity contribution in [1.82, 2.24) is 0 Å². The number of carboxylic acids is 1. The van der Waals surface area contributed by atoms with Gasteiger partial charge in [-0.25, -0.2) is 0 Å². The van der Waals surface area contributed by atoms with Crippen molar-refractivity contribution in [3.8, 4) is 0 Å². The third kappa shape index (κ3) is 19.5. The summed E-state index contributed by atoms with van der Waals surface area (Å²) in [4.78, 5) is 10.3. The first-order chi connectivity index (χ1) is 10.3. The molecule has 3 heteroatoms. The Bertz CT molecular complexity index is 252. The summed E-state index contributed by atoms with van der Waals surface area (Å²) in [6, 6.07) is 0. The van der Waals surface area contributed by atoms with Crippen molar-refractivity contribution in [2.75, 3.05) is 5.88 Å². The fraction of sp³-hybridized carbons (Fsp3) is 0.833. The molecule has 0 unspecified atom stereocenters. The van der Waals surface area contributed by atoms with Gasteiger partial charge < -0.3 is 5.11 Å². The third-order valence-corrected chi connectivity index (χ3v) is 3.95. The smallest absolute Gasteiger partial charge is 0.303 e. The molecule has 0 aromatic heterocycles. The fourth-order valence-electron chi connectivity index (χ4n) is 2.37. The summed E-state index contributed by atoms with van der Waals surface area (Å²) in [5.74, 6) is 0.138. The molecule has 0 radical (unpaired) electrons. The van der Waals surface area contributed by atoms with Crippen LogP contribution in [0.25, 0.3) is 0 Å². The van der Waals surface area contributed by atoms with Crippen LogP contribution in [0.1, 0.15) is 89.9 Å². The van der Waals surface area contributed by atoms with Gasteiger partial charge in [0.25, 0.3) is 0 Å². The molecule has 0 saturated carbocycles. The average molecular weight is 317 g/mol. The molecule has 0 aliphatic heterocycles. The summed E-state index contributed by atoms with van der Waals surface area (Å²) in [7, 11) is 0. The minimum Gasteiger partial charge on any atom is -0.481 e. The molecule has 0 saturated heterocycles. The van der Waals surface area contributed by atoms with E-state index in [-0.39, 0.29) is 0 Å². The zero-order valence-corrected chi connectivity index (χ0v) is 14.3. The number of allylic oxidation sites excluding steroid dienone is 2. The molecule has 21 heavy (non-hydrogen) atoms. The molecule has 2 nitrogen and oxygen atoms in total. The summed E-state index contributed by atoms with van der Waals surface area (Å²) < 4.78 is 0. The molecule has 0 atom stereocenters. The van der Waals surface area contributed by atoms with Gasteiger partial charge in [0.05, 0.1) is 0 Å². The van der Waals surface area contributed by atoms with Gasteiger partial charge in [0, 0.05) is 12.3 Å². The van der Waals surface area contributed by atoms with Crippen molar-refractivity contribution < 1.29 is 9.90 Å². The zero-order chi connectivity index (χ0) is 15.6. The van der Waals surface area contributed by atoms with Crippen LogP contribution in [-0.4, -0.2) is 17.0 Å². The van der Waals surface area contributed by atoms with Gasteiger partial charge in [0.15, 0.2) is 0 Å². The number of hydrogen-bond acceptors (Lipinski definition) is 1. The predicted molar refractivity (Wildman–Crippen MR) is 92.1 cm³/mol. The predicted octanol–water partition coefficient (Wildman–Crippen LogP) is 6.33. The Morgan fingerprint density at radius 1 is 0.714 bits per heavy atom. The maximum Gasteiger partial charge on any atom is 0.303 e. The molecular weight excluding hydrogens is 284 g/mol. The minimum absolute atomic E-state index is 0.325. The maximum atomic E-state index is 10.3. The lowest BCUT2D eigenvalue weighted by Crippen LogP contribution is -1.93. The Balaban J connectivity index is 3.07. The van der Waals surface area contributed by atoms with Crippen molar-refractivity contribution in [1.29, 1.82) is 0 Å². The number of unbranched alkanes of at least 4 members (excludes halogenated alkanes) is 11. The first-order valence-corrected chi connectivity index (χ1v) is 9.23. The minimum atomic E-state index is -0.669. The Labute approximate surface area is 136 Å². The molecular formula is C18H33ClO2. The summed E-state index contributed by atoms with van der Waals surface area (Å²) in [6.45, 7) is 0. The highest BCUT2D eigenvalue weighted by atomic mass is 35.5. The first-order valence-electron chi connectivity index (χ1n) is 8.70. The van der Waals surface area contributed by atoms with Crippen LogP contribution in [-0.2, 0) is 4.79 Å². The summed E-state index contributed by atoms with van der Waals surface area (Å²) in [6.07, 6.45) is 20.7. The van der Waals surface area contributed by atoms with Gasteiger partial charge in [0.1, 0.15) is 0 Å². The molecule has 0 rings (SSSR count). The number of hydrogen-bond donors (Lipinski definition) is 1. The van der Waals surface area contributed by atoms with E-state index in [2.05, 4.69) is 12.2 Å². The largest absolute Gasteiger partial charge is 0.481 e. The van der Waals surface area contributed by atoms with Crippen LogP contribution in [0.15, 0.2) is 12.2 Å². The Morgan fingerprint density at radius 2 is 1.14 bits per heavy atom. The van der Waals surface area contributed by atoms with Gasteiger partial charge in [-0.15, -0.1) is 11.6 Å². The van der Waals surface area contributed by atoms with Crippen LogP contribution in [0.5, 0.6) is 0 Å². The van der Waals surface area contributed by atoms with Crippen molar-refractivity contribution in [2.45, 2.75) is 89.9 Å². The van der Waals surface area contributed by atoms with E-state index in [0.717, 1.165) is 25.1 Å². The van der Waals surface area contributed by atoms with Gasteiger partial charge in [-0.1, -0.05) is 57.1 Å². The number of alkyl halides is 1. The maximum absolute atomic E-state index is 10.3. The van der Waals surface area contributed by atoms with E-state index in [1.165, 1.54) is 64.2 Å². The van der Waals surface area contributed by atoms with E-state index in [1.807, 2.05) is 0 Å². The number of carboxylic acid groups (broad SMARTS) is 1. The number of aliphatic carboxylic acids is 1. The summed E-state index contributed by atoms with van der Waals surface area (Å²) in [5, 5.41) is 8.51. The van der Waals surface area contributed by atoms with Crippen LogP contribution < -0.4 is 0 Å². The van der Waals surface area contributed by atoms with Gasteiger partial charge in [-0.3, -0.25) is 4.79 Å². The van der Waals surface area contributed by atoms with Gasteiger partial charge in [-0.05, 0) is 38.5 Å². The van der Waals surface area contributed by atoms with E-state index in [9.17, 15) is 4.79 Å². The number of halogens is 1. The molecule has 1 N–H and O–H groups in total. The molecule has 0 aliphatic carbocycles. The molecule has 0 spiro atoms. The lowest BCUT2D eigenvalue weighted by Gasteiger charge is -1.99. The van der Waals surface area contributed by atoms with E-state index in [1.54, 1.807) is 0 Å². The second-order valence-corrected chi connectivity index (χ2v) is 6.15. The van der Waals surface area contributed by atoms with Crippen molar-refractivity contribution in [3.05, 3.63) is 12.2 Å². The van der Waals surface area contributed by atoms with Gasteiger partial charge in [-0.2, -0.15) is 0 Å². The van der Waals surface area contributed by atoms with Gasteiger partial charge in [0.2, 0.25) is 0 Å². The fourth-order valence-corrected chi connectivity index (χ4v) is 2.56. The Kier molecular flexibility index (Phi) is 17.1. The lowest BCUT2D eigenvalue weighted by atomic mass is 10.1. The SMILES string of the molecule is O=C(O)CCCCCCC/C=C\CCCCCCCCCl. The normalized spacial score (nSPS) is 11.3. The molecule has 0 aromatic rings. The Morgan fingerprint density at radius 3 is 1.62 bits per heavy atom. The van der Waals surface area contributed by atoms with Crippen LogP contribution in [0.2, 0.25) is 0 Å². The van der Waals surface area contributed by atoms with E-state index in [0.29, 0.717) is 6.42 Å². The molecule has 0 amide bonds. The van der Waals surface area contributed by atoms with E-state index in [4.69, 9.17) is 16.7 Å². The summed E-state index contributed by atoms with van der Waals surface area (Å²) in [5.41, 5.74) is 0. The van der Waals surface area contributed by atoms with Crippen LogP contribution in [0, 0.1) is 0 Å². The van der Waals surface area contributed by atoms with Crippen LogP contribution >= 0.6 is 11.6 Å². The molecule has 0 fully saturated rings. The van der Waals surface area contributed by atoms with Crippen LogP contribution in [0.4, 0.5) is 0 Å².